The molecule has 5 nitrogen and oxygen atoms in total. The van der Waals surface area contributed by atoms with Gasteiger partial charge in [0.15, 0.2) is 5.82 Å². The van der Waals surface area contributed by atoms with Gasteiger partial charge in [0.1, 0.15) is 0 Å². The van der Waals surface area contributed by atoms with Crippen LogP contribution in [0, 0.1) is 5.92 Å². The molecule has 0 radical (unpaired) electrons. The molecule has 0 atom stereocenters. The molecule has 0 amide bonds. The van der Waals surface area contributed by atoms with Crippen molar-refractivity contribution in [3.8, 4) is 0 Å². The highest BCUT2D eigenvalue weighted by molar-refractivity contribution is 5.14. The third-order valence-electron chi connectivity index (χ3n) is 1.18. The topological polar surface area (TPSA) is 77.0 Å². The van der Waals surface area contributed by atoms with Crippen molar-refractivity contribution in [3.05, 3.63) is 5.82 Å². The summed E-state index contributed by atoms with van der Waals surface area (Å²) in [5.41, 5.74) is 2.28. The van der Waals surface area contributed by atoms with Crippen LogP contribution in [0.15, 0.2) is 4.52 Å². The molecule has 0 aliphatic heterocycles. The van der Waals surface area contributed by atoms with Crippen LogP contribution in [0.2, 0.25) is 0 Å². The predicted molar refractivity (Wildman–Crippen MR) is 40.7 cm³/mol. The minimum atomic E-state index is 0.264. The third-order valence-corrected chi connectivity index (χ3v) is 1.18. The van der Waals surface area contributed by atoms with E-state index in [1.165, 1.54) is 0 Å². The van der Waals surface area contributed by atoms with E-state index in [4.69, 9.17) is 10.4 Å². The van der Waals surface area contributed by atoms with Gasteiger partial charge in [-0.1, -0.05) is 19.0 Å². The van der Waals surface area contributed by atoms with Crippen LogP contribution in [0.3, 0.4) is 0 Å². The lowest BCUT2D eigenvalue weighted by atomic mass is 10.1. The molecule has 62 valence electrons. The highest BCUT2D eigenvalue weighted by Gasteiger charge is 2.05. The number of nitrogens with two attached hydrogens (primary N) is 1. The normalized spacial score (nSPS) is 10.5. The van der Waals surface area contributed by atoms with E-state index >= 15 is 0 Å². The van der Waals surface area contributed by atoms with Crippen LogP contribution in [0.5, 0.6) is 0 Å². The van der Waals surface area contributed by atoms with Crippen LogP contribution in [0.4, 0.5) is 6.01 Å². The van der Waals surface area contributed by atoms with E-state index < -0.39 is 0 Å². The minimum absolute atomic E-state index is 0.264. The first-order chi connectivity index (χ1) is 5.22. The number of nitrogens with zero attached hydrogens (tertiary/aromatic N) is 2. The molecule has 1 aromatic rings. The van der Waals surface area contributed by atoms with Crippen molar-refractivity contribution in [2.24, 2.45) is 11.8 Å². The van der Waals surface area contributed by atoms with Gasteiger partial charge in [-0.25, -0.2) is 5.84 Å². The molecule has 0 aliphatic rings. The minimum Gasteiger partial charge on any atom is -0.314 e. The molecule has 1 rings (SSSR count). The molecule has 0 unspecified atom stereocenters. The van der Waals surface area contributed by atoms with Crippen molar-refractivity contribution in [2.45, 2.75) is 20.3 Å². The van der Waals surface area contributed by atoms with Crippen LogP contribution in [-0.4, -0.2) is 10.1 Å². The summed E-state index contributed by atoms with van der Waals surface area (Å²) in [5, 5.41) is 3.70. The summed E-state index contributed by atoms with van der Waals surface area (Å²) in [4.78, 5) is 3.96. The first-order valence-electron chi connectivity index (χ1n) is 3.51. The van der Waals surface area contributed by atoms with Gasteiger partial charge in [0.05, 0.1) is 0 Å². The fourth-order valence-corrected chi connectivity index (χ4v) is 0.761. The number of anilines is 1. The van der Waals surface area contributed by atoms with E-state index in [2.05, 4.69) is 29.4 Å². The highest BCUT2D eigenvalue weighted by atomic mass is 16.5. The first kappa shape index (κ1) is 8.00. The molecule has 0 spiro atoms. The van der Waals surface area contributed by atoms with Crippen molar-refractivity contribution >= 4 is 6.01 Å². The maximum atomic E-state index is 5.05. The Hall–Kier alpha value is -1.10. The van der Waals surface area contributed by atoms with Crippen LogP contribution in [0.25, 0.3) is 0 Å². The Morgan fingerprint density at radius 3 is 2.82 bits per heavy atom. The van der Waals surface area contributed by atoms with Crippen LogP contribution in [-0.2, 0) is 6.42 Å². The molecule has 0 bridgehead atoms. The fraction of sp³-hybridized carbons (Fsp3) is 0.667. The summed E-state index contributed by atoms with van der Waals surface area (Å²) >= 11 is 0. The average molecular weight is 156 g/mol. The molecule has 0 fully saturated rings. The zero-order valence-corrected chi connectivity index (χ0v) is 6.66. The largest absolute Gasteiger partial charge is 0.335 e. The summed E-state index contributed by atoms with van der Waals surface area (Å²) < 4.78 is 4.72. The standard InChI is InChI=1S/C6H12N4O/c1-4(2)3-5-8-6(9-7)11-10-5/h4H,3,7H2,1-2H3,(H,8,9,10). The number of hydrogen-bond acceptors (Lipinski definition) is 5. The average Bonchev–Trinajstić information content (AvgIpc) is 2.34. The monoisotopic (exact) mass is 156 g/mol. The number of hydrazine groups is 1. The number of hydrogen-bond donors (Lipinski definition) is 2. The Morgan fingerprint density at radius 1 is 1.64 bits per heavy atom. The quantitative estimate of drug-likeness (QED) is 0.493. The highest BCUT2D eigenvalue weighted by Crippen LogP contribution is 2.06. The molecule has 1 heterocycles. The van der Waals surface area contributed by atoms with E-state index in [0.29, 0.717) is 11.7 Å². The molecule has 1 aromatic heterocycles. The van der Waals surface area contributed by atoms with E-state index in [1.54, 1.807) is 0 Å². The number of aromatic nitrogens is 2. The van der Waals surface area contributed by atoms with Gasteiger partial charge in [-0.15, -0.1) is 0 Å². The van der Waals surface area contributed by atoms with Gasteiger partial charge < -0.3 is 4.52 Å². The van der Waals surface area contributed by atoms with Crippen molar-refractivity contribution in [3.63, 3.8) is 0 Å². The van der Waals surface area contributed by atoms with Crippen molar-refractivity contribution in [1.82, 2.24) is 10.1 Å². The van der Waals surface area contributed by atoms with Gasteiger partial charge in [0, 0.05) is 6.42 Å². The number of nitrogen functional groups attached to an aromatic ring is 1. The van der Waals surface area contributed by atoms with Crippen molar-refractivity contribution in [2.75, 3.05) is 5.43 Å². The lowest BCUT2D eigenvalue weighted by Crippen LogP contribution is -2.07. The van der Waals surface area contributed by atoms with Gasteiger partial charge in [0.2, 0.25) is 0 Å². The summed E-state index contributed by atoms with van der Waals surface area (Å²) in [5.74, 6) is 6.26. The molecule has 0 aliphatic carbocycles. The molecule has 0 aromatic carbocycles. The van der Waals surface area contributed by atoms with E-state index in [1.807, 2.05) is 0 Å². The van der Waals surface area contributed by atoms with E-state index in [0.717, 1.165) is 6.42 Å². The Balaban J connectivity index is 2.58. The Kier molecular flexibility index (Phi) is 2.43. The summed E-state index contributed by atoms with van der Waals surface area (Å²) in [6.45, 7) is 4.18. The molecule has 3 N–H and O–H groups in total. The zero-order valence-electron chi connectivity index (χ0n) is 6.66. The molecule has 0 saturated heterocycles. The second-order valence-electron chi connectivity index (χ2n) is 2.76. The van der Waals surface area contributed by atoms with Gasteiger partial charge in [-0.3, -0.25) is 5.43 Å². The molecular formula is C6H12N4O. The SMILES string of the molecule is CC(C)Cc1noc(NN)n1. The summed E-state index contributed by atoms with van der Waals surface area (Å²) in [7, 11) is 0. The third kappa shape index (κ3) is 2.19. The number of nitrogens with one attached hydrogen (secondary N) is 1. The van der Waals surface area contributed by atoms with E-state index in [9.17, 15) is 0 Å². The fourth-order valence-electron chi connectivity index (χ4n) is 0.761. The first-order valence-corrected chi connectivity index (χ1v) is 3.51. The van der Waals surface area contributed by atoms with Gasteiger partial charge in [0.25, 0.3) is 0 Å². The maximum absolute atomic E-state index is 5.05. The molecule has 5 heteroatoms. The van der Waals surface area contributed by atoms with Gasteiger partial charge in [-0.2, -0.15) is 4.98 Å². The van der Waals surface area contributed by atoms with E-state index in [-0.39, 0.29) is 6.01 Å². The van der Waals surface area contributed by atoms with Crippen LogP contribution >= 0.6 is 0 Å². The lowest BCUT2D eigenvalue weighted by molar-refractivity contribution is 0.418. The second kappa shape index (κ2) is 3.34. The lowest BCUT2D eigenvalue weighted by Gasteiger charge is -1.95. The number of rotatable bonds is 3. The van der Waals surface area contributed by atoms with Crippen LogP contribution < -0.4 is 11.3 Å². The zero-order chi connectivity index (χ0) is 8.27. The maximum Gasteiger partial charge on any atom is 0.335 e. The van der Waals surface area contributed by atoms with Crippen LogP contribution in [0.1, 0.15) is 19.7 Å². The Morgan fingerprint density at radius 2 is 2.36 bits per heavy atom. The summed E-state index contributed by atoms with van der Waals surface area (Å²) in [6.07, 6.45) is 0.811. The Labute approximate surface area is 64.9 Å². The molecule has 0 saturated carbocycles. The molecular weight excluding hydrogens is 144 g/mol. The summed E-state index contributed by atoms with van der Waals surface area (Å²) in [6, 6.07) is 0.264. The van der Waals surface area contributed by atoms with Gasteiger partial charge >= 0.3 is 6.01 Å². The predicted octanol–water partition coefficient (Wildman–Crippen LogP) is 0.554. The van der Waals surface area contributed by atoms with Crippen molar-refractivity contribution in [1.29, 1.82) is 0 Å². The van der Waals surface area contributed by atoms with Gasteiger partial charge in [-0.05, 0) is 5.92 Å². The second-order valence-corrected chi connectivity index (χ2v) is 2.76. The smallest absolute Gasteiger partial charge is 0.314 e. The Bertz CT molecular complexity index is 220. The molecule has 11 heavy (non-hydrogen) atoms. The van der Waals surface area contributed by atoms with Crippen molar-refractivity contribution < 1.29 is 4.52 Å².